The molecule has 158 valence electrons. The first-order chi connectivity index (χ1) is 15.2. The van der Waals surface area contributed by atoms with Crippen LogP contribution >= 0.6 is 0 Å². The third-order valence-corrected chi connectivity index (χ3v) is 6.42. The van der Waals surface area contributed by atoms with Gasteiger partial charge in [0.25, 0.3) is 0 Å². The summed E-state index contributed by atoms with van der Waals surface area (Å²) in [6.07, 6.45) is 10.5. The van der Waals surface area contributed by atoms with Crippen molar-refractivity contribution in [3.63, 3.8) is 0 Å². The standard InChI is InChI=1S/C26H29N5/c1-19-12-13-20(2)28-26(19)24-10-7-9-23(22-18-30-16-6-4-11-25(30)29-22)31(24)17-14-21-8-3-5-15-27-21/h3-6,8,11-13,15-16,18,23-24H,7,9-10,14,17H2,1-2H3/t23-,24+/m1/s1. The first-order valence-corrected chi connectivity index (χ1v) is 11.2. The molecular weight excluding hydrogens is 382 g/mol. The van der Waals surface area contributed by atoms with Crippen molar-refractivity contribution in [3.05, 3.63) is 95.5 Å². The van der Waals surface area contributed by atoms with Crippen molar-refractivity contribution in [2.24, 2.45) is 0 Å². The molecule has 0 radical (unpaired) electrons. The van der Waals surface area contributed by atoms with E-state index < -0.39 is 0 Å². The molecule has 2 atom stereocenters. The van der Waals surface area contributed by atoms with E-state index in [0.717, 1.165) is 48.5 Å². The van der Waals surface area contributed by atoms with Gasteiger partial charge in [-0.05, 0) is 69.0 Å². The van der Waals surface area contributed by atoms with Gasteiger partial charge in [0.1, 0.15) is 5.65 Å². The first-order valence-electron chi connectivity index (χ1n) is 11.2. The molecule has 5 rings (SSSR count). The lowest BCUT2D eigenvalue weighted by molar-refractivity contribution is 0.0778. The minimum atomic E-state index is 0.282. The quantitative estimate of drug-likeness (QED) is 0.450. The van der Waals surface area contributed by atoms with E-state index in [9.17, 15) is 0 Å². The molecule has 4 aromatic heterocycles. The Kier molecular flexibility index (Phi) is 5.51. The van der Waals surface area contributed by atoms with Crippen LogP contribution in [0.4, 0.5) is 0 Å². The zero-order chi connectivity index (χ0) is 21.2. The Morgan fingerprint density at radius 2 is 1.81 bits per heavy atom. The van der Waals surface area contributed by atoms with E-state index in [1.54, 1.807) is 0 Å². The van der Waals surface area contributed by atoms with E-state index >= 15 is 0 Å². The molecule has 1 aliphatic rings. The van der Waals surface area contributed by atoms with E-state index in [1.807, 2.05) is 12.3 Å². The van der Waals surface area contributed by atoms with Crippen molar-refractivity contribution in [2.75, 3.05) is 6.54 Å². The second kappa shape index (κ2) is 8.60. The monoisotopic (exact) mass is 411 g/mol. The molecule has 0 spiro atoms. The van der Waals surface area contributed by atoms with Crippen molar-refractivity contribution in [3.8, 4) is 0 Å². The molecule has 0 amide bonds. The number of nitrogens with zero attached hydrogens (tertiary/aromatic N) is 5. The van der Waals surface area contributed by atoms with E-state index in [2.05, 4.69) is 83.0 Å². The van der Waals surface area contributed by atoms with Gasteiger partial charge in [0.2, 0.25) is 0 Å². The van der Waals surface area contributed by atoms with Crippen LogP contribution in [-0.4, -0.2) is 30.8 Å². The van der Waals surface area contributed by atoms with Crippen LogP contribution in [0.15, 0.2) is 67.1 Å². The lowest BCUT2D eigenvalue weighted by Gasteiger charge is -2.42. The summed E-state index contributed by atoms with van der Waals surface area (Å²) in [5.74, 6) is 0. The minimum Gasteiger partial charge on any atom is -0.307 e. The molecule has 1 fully saturated rings. The van der Waals surface area contributed by atoms with E-state index in [1.165, 1.54) is 17.7 Å². The van der Waals surface area contributed by atoms with Crippen LogP contribution in [0.5, 0.6) is 0 Å². The van der Waals surface area contributed by atoms with Crippen LogP contribution in [-0.2, 0) is 6.42 Å². The third kappa shape index (κ3) is 4.10. The van der Waals surface area contributed by atoms with Crippen LogP contribution in [0.2, 0.25) is 0 Å². The molecule has 0 bridgehead atoms. The summed E-state index contributed by atoms with van der Waals surface area (Å²) >= 11 is 0. The summed E-state index contributed by atoms with van der Waals surface area (Å²) in [4.78, 5) is 17.2. The summed E-state index contributed by atoms with van der Waals surface area (Å²) in [5, 5.41) is 0. The van der Waals surface area contributed by atoms with Gasteiger partial charge in [-0.2, -0.15) is 0 Å². The summed E-state index contributed by atoms with van der Waals surface area (Å²) in [6.45, 7) is 5.21. The zero-order valence-electron chi connectivity index (χ0n) is 18.3. The Morgan fingerprint density at radius 1 is 0.935 bits per heavy atom. The van der Waals surface area contributed by atoms with Crippen LogP contribution in [0.3, 0.4) is 0 Å². The third-order valence-electron chi connectivity index (χ3n) is 6.42. The fourth-order valence-electron chi connectivity index (χ4n) is 4.86. The Morgan fingerprint density at radius 3 is 2.65 bits per heavy atom. The van der Waals surface area contributed by atoms with Crippen molar-refractivity contribution in [1.29, 1.82) is 0 Å². The Hall–Kier alpha value is -3.05. The molecule has 5 heteroatoms. The number of aromatic nitrogens is 4. The maximum absolute atomic E-state index is 4.99. The van der Waals surface area contributed by atoms with Crippen LogP contribution < -0.4 is 0 Å². The predicted molar refractivity (Wildman–Crippen MR) is 123 cm³/mol. The first kappa shape index (κ1) is 19.9. The molecule has 5 heterocycles. The van der Waals surface area contributed by atoms with E-state index in [-0.39, 0.29) is 6.04 Å². The van der Waals surface area contributed by atoms with Crippen molar-refractivity contribution >= 4 is 5.65 Å². The molecule has 0 aliphatic carbocycles. The number of aryl methyl sites for hydroxylation is 2. The Bertz CT molecular complexity index is 1130. The molecule has 4 aromatic rings. The number of rotatable bonds is 5. The largest absolute Gasteiger partial charge is 0.307 e. The number of imidazole rings is 1. The second-order valence-electron chi connectivity index (χ2n) is 8.56. The number of hydrogen-bond acceptors (Lipinski definition) is 4. The zero-order valence-corrected chi connectivity index (χ0v) is 18.3. The lowest BCUT2D eigenvalue weighted by atomic mass is 9.90. The van der Waals surface area contributed by atoms with Crippen molar-refractivity contribution in [1.82, 2.24) is 24.3 Å². The van der Waals surface area contributed by atoms with E-state index in [4.69, 9.17) is 9.97 Å². The Balaban J connectivity index is 1.52. The SMILES string of the molecule is Cc1ccc(C)c([C@@H]2CCC[C@H](c3cn4ccccc4n3)N2CCc2ccccn2)n1. The molecule has 0 N–H and O–H groups in total. The van der Waals surface area contributed by atoms with Crippen LogP contribution in [0.1, 0.15) is 59.7 Å². The fraction of sp³-hybridized carbons (Fsp3) is 0.346. The Labute approximate surface area is 183 Å². The van der Waals surface area contributed by atoms with E-state index in [0.29, 0.717) is 6.04 Å². The second-order valence-corrected chi connectivity index (χ2v) is 8.56. The highest BCUT2D eigenvalue weighted by Crippen LogP contribution is 2.41. The summed E-state index contributed by atoms with van der Waals surface area (Å²) < 4.78 is 2.13. The molecule has 5 nitrogen and oxygen atoms in total. The van der Waals surface area contributed by atoms with Gasteiger partial charge in [-0.15, -0.1) is 0 Å². The van der Waals surface area contributed by atoms with Gasteiger partial charge in [0.05, 0.1) is 23.5 Å². The average Bonchev–Trinajstić information content (AvgIpc) is 3.24. The molecule has 31 heavy (non-hydrogen) atoms. The summed E-state index contributed by atoms with van der Waals surface area (Å²) in [5.41, 5.74) is 6.87. The van der Waals surface area contributed by atoms with Crippen LogP contribution in [0, 0.1) is 13.8 Å². The van der Waals surface area contributed by atoms with Gasteiger partial charge in [-0.1, -0.05) is 18.2 Å². The molecule has 0 aromatic carbocycles. The van der Waals surface area contributed by atoms with Gasteiger partial charge < -0.3 is 4.40 Å². The number of likely N-dealkylation sites (tertiary alicyclic amines) is 1. The highest BCUT2D eigenvalue weighted by atomic mass is 15.2. The maximum atomic E-state index is 4.99. The van der Waals surface area contributed by atoms with Crippen molar-refractivity contribution in [2.45, 2.75) is 51.6 Å². The van der Waals surface area contributed by atoms with Gasteiger partial charge in [-0.3, -0.25) is 14.9 Å². The highest BCUT2D eigenvalue weighted by Gasteiger charge is 2.35. The number of piperidine rings is 1. The van der Waals surface area contributed by atoms with Gasteiger partial charge in [-0.25, -0.2) is 4.98 Å². The maximum Gasteiger partial charge on any atom is 0.137 e. The predicted octanol–water partition coefficient (Wildman–Crippen LogP) is 5.25. The number of hydrogen-bond donors (Lipinski definition) is 0. The normalized spacial score (nSPS) is 19.7. The topological polar surface area (TPSA) is 46.3 Å². The number of fused-ring (bicyclic) bond motifs is 1. The smallest absolute Gasteiger partial charge is 0.137 e. The fourth-order valence-corrected chi connectivity index (χ4v) is 4.86. The van der Waals surface area contributed by atoms with Crippen LogP contribution in [0.25, 0.3) is 5.65 Å². The number of pyridine rings is 3. The van der Waals surface area contributed by atoms with Gasteiger partial charge in [0, 0.05) is 42.9 Å². The minimum absolute atomic E-state index is 0.282. The molecule has 0 unspecified atom stereocenters. The summed E-state index contributed by atoms with van der Waals surface area (Å²) in [6, 6.07) is 17.3. The molecule has 0 saturated carbocycles. The summed E-state index contributed by atoms with van der Waals surface area (Å²) in [7, 11) is 0. The van der Waals surface area contributed by atoms with Crippen molar-refractivity contribution < 1.29 is 0 Å². The molecule has 1 saturated heterocycles. The molecule has 1 aliphatic heterocycles. The highest BCUT2D eigenvalue weighted by molar-refractivity contribution is 5.40. The van der Waals surface area contributed by atoms with Gasteiger partial charge >= 0.3 is 0 Å². The van der Waals surface area contributed by atoms with Gasteiger partial charge in [0.15, 0.2) is 0 Å². The molecular formula is C26H29N5. The lowest BCUT2D eigenvalue weighted by Crippen LogP contribution is -2.39. The average molecular weight is 412 g/mol.